The molecule has 1 aromatic carbocycles. The molecule has 1 amide bonds. The van der Waals surface area contributed by atoms with E-state index in [9.17, 15) is 14.9 Å². The van der Waals surface area contributed by atoms with E-state index in [-0.39, 0.29) is 12.2 Å². The Balaban J connectivity index is 2.70. The minimum absolute atomic E-state index is 0.0694. The smallest absolute Gasteiger partial charge is 0.408 e. The molecular formula is C15H18N2O5. The van der Waals surface area contributed by atoms with Gasteiger partial charge in [-0.05, 0) is 26.8 Å². The summed E-state index contributed by atoms with van der Waals surface area (Å²) < 4.78 is 10.0. The Bertz CT molecular complexity index is 623. The number of amides is 1. The zero-order valence-electron chi connectivity index (χ0n) is 12.9. The van der Waals surface area contributed by atoms with Crippen molar-refractivity contribution in [1.29, 1.82) is 0 Å². The molecule has 0 fully saturated rings. The summed E-state index contributed by atoms with van der Waals surface area (Å²) in [5.74, 6) is 5.77. The maximum absolute atomic E-state index is 11.4. The van der Waals surface area contributed by atoms with E-state index in [1.807, 2.05) is 0 Å². The van der Waals surface area contributed by atoms with E-state index in [0.29, 0.717) is 11.3 Å². The highest BCUT2D eigenvalue weighted by Gasteiger charge is 2.15. The molecule has 0 aromatic heterocycles. The monoisotopic (exact) mass is 306 g/mol. The van der Waals surface area contributed by atoms with Gasteiger partial charge in [0.25, 0.3) is 5.69 Å². The van der Waals surface area contributed by atoms with Crippen molar-refractivity contribution in [1.82, 2.24) is 5.32 Å². The van der Waals surface area contributed by atoms with Crippen LogP contribution in [0.2, 0.25) is 0 Å². The number of nitro groups is 1. The first-order chi connectivity index (χ1) is 10.2. The molecule has 0 heterocycles. The average Bonchev–Trinajstić information content (AvgIpc) is 2.41. The van der Waals surface area contributed by atoms with E-state index in [2.05, 4.69) is 17.2 Å². The number of carbonyl (C=O) groups excluding carboxylic acids is 1. The fourth-order valence-electron chi connectivity index (χ4n) is 1.46. The molecule has 1 aromatic rings. The maximum Gasteiger partial charge on any atom is 0.408 e. The van der Waals surface area contributed by atoms with Gasteiger partial charge in [-0.25, -0.2) is 4.79 Å². The number of nitrogens with zero attached hydrogens (tertiary/aromatic N) is 1. The van der Waals surface area contributed by atoms with Crippen LogP contribution in [0.15, 0.2) is 18.2 Å². The second-order valence-electron chi connectivity index (χ2n) is 5.33. The van der Waals surface area contributed by atoms with Crippen LogP contribution in [0, 0.1) is 22.0 Å². The largest absolute Gasteiger partial charge is 0.496 e. The summed E-state index contributed by atoms with van der Waals surface area (Å²) in [7, 11) is 1.42. The molecule has 118 valence electrons. The summed E-state index contributed by atoms with van der Waals surface area (Å²) in [5.41, 5.74) is -0.258. The van der Waals surface area contributed by atoms with Gasteiger partial charge in [0, 0.05) is 11.6 Å². The highest BCUT2D eigenvalue weighted by Crippen LogP contribution is 2.21. The number of nitrogens with one attached hydrogen (secondary N) is 1. The summed E-state index contributed by atoms with van der Waals surface area (Å²) in [5, 5.41) is 13.3. The van der Waals surface area contributed by atoms with Crippen LogP contribution in [-0.2, 0) is 4.74 Å². The van der Waals surface area contributed by atoms with Crippen LogP contribution in [0.25, 0.3) is 0 Å². The van der Waals surface area contributed by atoms with Crippen molar-refractivity contribution >= 4 is 11.8 Å². The Kier molecular flexibility index (Phi) is 5.75. The molecule has 0 bridgehead atoms. The first kappa shape index (κ1) is 17.3. The van der Waals surface area contributed by atoms with Gasteiger partial charge in [-0.3, -0.25) is 10.1 Å². The number of non-ortho nitro benzene ring substituents is 1. The third kappa shape index (κ3) is 6.13. The maximum atomic E-state index is 11.4. The molecule has 1 rings (SSSR count). The molecule has 0 aliphatic carbocycles. The number of carbonyl (C=O) groups is 1. The van der Waals surface area contributed by atoms with Gasteiger partial charge in [-0.2, -0.15) is 0 Å². The van der Waals surface area contributed by atoms with E-state index < -0.39 is 16.6 Å². The lowest BCUT2D eigenvalue weighted by molar-refractivity contribution is -0.384. The van der Waals surface area contributed by atoms with Crippen LogP contribution in [0.4, 0.5) is 10.5 Å². The minimum Gasteiger partial charge on any atom is -0.496 e. The molecule has 0 saturated carbocycles. The fourth-order valence-corrected chi connectivity index (χ4v) is 1.46. The highest BCUT2D eigenvalue weighted by molar-refractivity contribution is 5.68. The van der Waals surface area contributed by atoms with Gasteiger partial charge in [0.2, 0.25) is 0 Å². The molecule has 22 heavy (non-hydrogen) atoms. The van der Waals surface area contributed by atoms with Crippen LogP contribution in [0.5, 0.6) is 5.75 Å². The standard InChI is InChI=1S/C15H18N2O5/c1-15(2,3)22-14(18)16-7-5-6-11-8-12(17(19)20)10-13(9-11)21-4/h8-10H,7H2,1-4H3,(H,16,18). The van der Waals surface area contributed by atoms with Gasteiger partial charge >= 0.3 is 6.09 Å². The van der Waals surface area contributed by atoms with Gasteiger partial charge in [0.15, 0.2) is 0 Å². The van der Waals surface area contributed by atoms with Gasteiger partial charge < -0.3 is 14.8 Å². The summed E-state index contributed by atoms with van der Waals surface area (Å²) >= 11 is 0. The van der Waals surface area contributed by atoms with E-state index in [4.69, 9.17) is 9.47 Å². The lowest BCUT2D eigenvalue weighted by atomic mass is 10.2. The van der Waals surface area contributed by atoms with Crippen LogP contribution < -0.4 is 10.1 Å². The Morgan fingerprint density at radius 2 is 2.05 bits per heavy atom. The first-order valence-electron chi connectivity index (χ1n) is 6.50. The lowest BCUT2D eigenvalue weighted by Crippen LogP contribution is -2.32. The van der Waals surface area contributed by atoms with Gasteiger partial charge in [-0.1, -0.05) is 11.8 Å². The molecule has 0 spiro atoms. The second kappa shape index (κ2) is 7.31. The third-order valence-electron chi connectivity index (χ3n) is 2.29. The Morgan fingerprint density at radius 1 is 1.36 bits per heavy atom. The Hall–Kier alpha value is -2.75. The Morgan fingerprint density at radius 3 is 2.59 bits per heavy atom. The number of nitro benzene ring substituents is 1. The molecule has 0 saturated heterocycles. The van der Waals surface area contributed by atoms with Crippen molar-refractivity contribution in [3.63, 3.8) is 0 Å². The van der Waals surface area contributed by atoms with Gasteiger partial charge in [0.05, 0.1) is 24.6 Å². The van der Waals surface area contributed by atoms with E-state index in [0.717, 1.165) is 0 Å². The molecule has 0 atom stereocenters. The number of hydrogen-bond acceptors (Lipinski definition) is 5. The van der Waals surface area contributed by atoms with Crippen molar-refractivity contribution in [3.8, 4) is 17.6 Å². The minimum atomic E-state index is -0.578. The number of alkyl carbamates (subject to hydrolysis) is 1. The van der Waals surface area contributed by atoms with Crippen molar-refractivity contribution < 1.29 is 19.2 Å². The Labute approximate surface area is 128 Å². The van der Waals surface area contributed by atoms with E-state index >= 15 is 0 Å². The zero-order chi connectivity index (χ0) is 16.8. The molecule has 7 nitrogen and oxygen atoms in total. The topological polar surface area (TPSA) is 90.7 Å². The molecule has 1 N–H and O–H groups in total. The van der Waals surface area contributed by atoms with Crippen molar-refractivity contribution in [3.05, 3.63) is 33.9 Å². The van der Waals surface area contributed by atoms with Crippen LogP contribution in [-0.4, -0.2) is 30.3 Å². The molecule has 0 unspecified atom stereocenters. The van der Waals surface area contributed by atoms with Gasteiger partial charge in [0.1, 0.15) is 11.4 Å². The predicted octanol–water partition coefficient (Wildman–Crippen LogP) is 2.48. The van der Waals surface area contributed by atoms with Crippen molar-refractivity contribution in [2.75, 3.05) is 13.7 Å². The molecule has 0 aliphatic rings. The molecular weight excluding hydrogens is 288 g/mol. The first-order valence-corrected chi connectivity index (χ1v) is 6.50. The fraction of sp³-hybridized carbons (Fsp3) is 0.400. The third-order valence-corrected chi connectivity index (χ3v) is 2.29. The van der Waals surface area contributed by atoms with Crippen molar-refractivity contribution in [2.24, 2.45) is 0 Å². The van der Waals surface area contributed by atoms with Crippen LogP contribution in [0.3, 0.4) is 0 Å². The lowest BCUT2D eigenvalue weighted by Gasteiger charge is -2.18. The average molecular weight is 306 g/mol. The summed E-state index contributed by atoms with van der Waals surface area (Å²) in [6.07, 6.45) is -0.571. The molecule has 0 aliphatic heterocycles. The highest BCUT2D eigenvalue weighted by atomic mass is 16.6. The number of benzene rings is 1. The predicted molar refractivity (Wildman–Crippen MR) is 80.8 cm³/mol. The van der Waals surface area contributed by atoms with E-state index in [1.165, 1.54) is 19.2 Å². The SMILES string of the molecule is COc1cc(C#CCNC(=O)OC(C)(C)C)cc([N+](=O)[O-])c1. The van der Waals surface area contributed by atoms with Crippen LogP contribution >= 0.6 is 0 Å². The number of rotatable bonds is 3. The number of methoxy groups -OCH3 is 1. The summed E-state index contributed by atoms with van der Waals surface area (Å²) in [6.45, 7) is 5.34. The number of ether oxygens (including phenoxy) is 2. The molecule has 0 radical (unpaired) electrons. The number of hydrogen-bond donors (Lipinski definition) is 1. The van der Waals surface area contributed by atoms with E-state index in [1.54, 1.807) is 26.8 Å². The van der Waals surface area contributed by atoms with Crippen LogP contribution in [0.1, 0.15) is 26.3 Å². The zero-order valence-corrected chi connectivity index (χ0v) is 12.9. The van der Waals surface area contributed by atoms with Crippen molar-refractivity contribution in [2.45, 2.75) is 26.4 Å². The normalized spacial score (nSPS) is 10.2. The quantitative estimate of drug-likeness (QED) is 0.526. The summed E-state index contributed by atoms with van der Waals surface area (Å²) in [6, 6.07) is 4.22. The molecule has 7 heteroatoms. The van der Waals surface area contributed by atoms with Gasteiger partial charge in [-0.15, -0.1) is 0 Å². The summed E-state index contributed by atoms with van der Waals surface area (Å²) in [4.78, 5) is 21.7. The second-order valence-corrected chi connectivity index (χ2v) is 5.33.